The van der Waals surface area contributed by atoms with E-state index in [0.29, 0.717) is 21.3 Å². The predicted molar refractivity (Wildman–Crippen MR) is 77.6 cm³/mol. The Balaban J connectivity index is 2.24. The van der Waals surface area contributed by atoms with Crippen molar-refractivity contribution in [3.63, 3.8) is 0 Å². The van der Waals surface area contributed by atoms with Gasteiger partial charge < -0.3 is 11.1 Å². The van der Waals surface area contributed by atoms with E-state index in [1.54, 1.807) is 6.07 Å². The van der Waals surface area contributed by atoms with Gasteiger partial charge in [-0.2, -0.15) is 0 Å². The zero-order valence-electron chi connectivity index (χ0n) is 10.1. The Morgan fingerprint density at radius 3 is 2.67 bits per heavy atom. The topological polar surface area (TPSA) is 55.1 Å². The first-order valence-electron chi connectivity index (χ1n) is 5.40. The fourth-order valence-corrected chi connectivity index (χ4v) is 2.73. The Hall–Kier alpha value is -1.52. The summed E-state index contributed by atoms with van der Waals surface area (Å²) in [5.41, 5.74) is 8.96. The van der Waals surface area contributed by atoms with Crippen molar-refractivity contribution in [1.82, 2.24) is 0 Å². The van der Waals surface area contributed by atoms with Gasteiger partial charge in [0.1, 0.15) is 4.88 Å². The number of amides is 1. The number of carbonyl (C=O) groups excluding carboxylic acids is 1. The van der Waals surface area contributed by atoms with E-state index < -0.39 is 0 Å². The second-order valence-corrected chi connectivity index (χ2v) is 5.36. The number of nitrogen functional groups attached to an aromatic ring is 1. The third kappa shape index (κ3) is 2.49. The molecule has 1 heterocycles. The third-order valence-electron chi connectivity index (χ3n) is 2.56. The number of thiophene rings is 1. The van der Waals surface area contributed by atoms with Gasteiger partial charge in [-0.1, -0.05) is 17.7 Å². The molecule has 1 aromatic heterocycles. The van der Waals surface area contributed by atoms with Gasteiger partial charge in [0.25, 0.3) is 5.91 Å². The molecule has 3 N–H and O–H groups in total. The van der Waals surface area contributed by atoms with Crippen LogP contribution in [0.5, 0.6) is 0 Å². The SMILES string of the molecule is Cc1ccc(NC(=O)c2scc(C)c2Cl)c(N)c1. The number of nitrogens with two attached hydrogens (primary N) is 1. The molecule has 0 saturated carbocycles. The molecule has 0 saturated heterocycles. The van der Waals surface area contributed by atoms with E-state index in [2.05, 4.69) is 5.32 Å². The minimum Gasteiger partial charge on any atom is -0.397 e. The average molecular weight is 281 g/mol. The number of hydrogen-bond acceptors (Lipinski definition) is 3. The fourth-order valence-electron chi connectivity index (χ4n) is 1.56. The van der Waals surface area contributed by atoms with Crippen molar-refractivity contribution in [3.05, 3.63) is 44.6 Å². The van der Waals surface area contributed by atoms with Crippen molar-refractivity contribution in [2.75, 3.05) is 11.1 Å². The van der Waals surface area contributed by atoms with E-state index in [9.17, 15) is 4.79 Å². The summed E-state index contributed by atoms with van der Waals surface area (Å²) in [6.45, 7) is 3.82. The second kappa shape index (κ2) is 5.00. The molecule has 1 aromatic carbocycles. The number of nitrogens with one attached hydrogen (secondary N) is 1. The van der Waals surface area contributed by atoms with Crippen LogP contribution in [0.3, 0.4) is 0 Å². The Bertz CT molecular complexity index is 607. The number of anilines is 2. The molecule has 1 amide bonds. The molecule has 0 fully saturated rings. The molecule has 18 heavy (non-hydrogen) atoms. The van der Waals surface area contributed by atoms with Crippen LogP contribution in [0.4, 0.5) is 11.4 Å². The molecule has 0 bridgehead atoms. The summed E-state index contributed by atoms with van der Waals surface area (Å²) in [5, 5.41) is 5.13. The van der Waals surface area contributed by atoms with Crippen LogP contribution in [0.15, 0.2) is 23.6 Å². The zero-order chi connectivity index (χ0) is 13.3. The molecular formula is C13H13ClN2OS. The summed E-state index contributed by atoms with van der Waals surface area (Å²) in [6.07, 6.45) is 0. The van der Waals surface area contributed by atoms with Crippen LogP contribution >= 0.6 is 22.9 Å². The summed E-state index contributed by atoms with van der Waals surface area (Å²) in [5.74, 6) is -0.228. The van der Waals surface area contributed by atoms with E-state index in [-0.39, 0.29) is 5.91 Å². The van der Waals surface area contributed by atoms with Crippen molar-refractivity contribution >= 4 is 40.2 Å². The predicted octanol–water partition coefficient (Wildman–Crippen LogP) is 3.85. The zero-order valence-corrected chi connectivity index (χ0v) is 11.7. The van der Waals surface area contributed by atoms with Crippen LogP contribution in [0, 0.1) is 13.8 Å². The first-order valence-corrected chi connectivity index (χ1v) is 6.66. The molecular weight excluding hydrogens is 268 g/mol. The highest BCUT2D eigenvalue weighted by molar-refractivity contribution is 7.13. The lowest BCUT2D eigenvalue weighted by atomic mass is 10.2. The van der Waals surface area contributed by atoms with E-state index in [1.165, 1.54) is 11.3 Å². The van der Waals surface area contributed by atoms with Gasteiger partial charge in [0.15, 0.2) is 0 Å². The minimum absolute atomic E-state index is 0.228. The number of aryl methyl sites for hydroxylation is 2. The Morgan fingerprint density at radius 2 is 2.11 bits per heavy atom. The number of carbonyl (C=O) groups is 1. The van der Waals surface area contributed by atoms with Crippen LogP contribution in [0.2, 0.25) is 5.02 Å². The molecule has 0 atom stereocenters. The van der Waals surface area contributed by atoms with Crippen LogP contribution in [-0.2, 0) is 0 Å². The number of benzene rings is 1. The summed E-state index contributed by atoms with van der Waals surface area (Å²) in [6, 6.07) is 5.50. The smallest absolute Gasteiger partial charge is 0.267 e. The van der Waals surface area contributed by atoms with Crippen LogP contribution < -0.4 is 11.1 Å². The summed E-state index contributed by atoms with van der Waals surface area (Å²) in [7, 11) is 0. The normalized spacial score (nSPS) is 10.4. The van der Waals surface area contributed by atoms with Crippen molar-refractivity contribution in [3.8, 4) is 0 Å². The molecule has 94 valence electrons. The van der Waals surface area contributed by atoms with Gasteiger partial charge in [0.2, 0.25) is 0 Å². The highest BCUT2D eigenvalue weighted by Gasteiger charge is 2.15. The fraction of sp³-hybridized carbons (Fsp3) is 0.154. The summed E-state index contributed by atoms with van der Waals surface area (Å²) in [4.78, 5) is 12.6. The molecule has 0 unspecified atom stereocenters. The monoisotopic (exact) mass is 280 g/mol. The number of rotatable bonds is 2. The molecule has 0 aliphatic rings. The molecule has 2 aromatic rings. The average Bonchev–Trinajstić information content (AvgIpc) is 2.64. The van der Waals surface area contributed by atoms with Gasteiger partial charge in [0, 0.05) is 0 Å². The van der Waals surface area contributed by atoms with Gasteiger partial charge >= 0.3 is 0 Å². The minimum atomic E-state index is -0.228. The maximum atomic E-state index is 12.0. The molecule has 2 rings (SSSR count). The van der Waals surface area contributed by atoms with Gasteiger partial charge in [-0.25, -0.2) is 0 Å². The van der Waals surface area contributed by atoms with E-state index in [0.717, 1.165) is 11.1 Å². The van der Waals surface area contributed by atoms with Gasteiger partial charge in [-0.05, 0) is 42.5 Å². The van der Waals surface area contributed by atoms with Crippen molar-refractivity contribution in [2.45, 2.75) is 13.8 Å². The van der Waals surface area contributed by atoms with Crippen LogP contribution in [0.25, 0.3) is 0 Å². The van der Waals surface area contributed by atoms with Crippen molar-refractivity contribution in [1.29, 1.82) is 0 Å². The van der Waals surface area contributed by atoms with E-state index >= 15 is 0 Å². The largest absolute Gasteiger partial charge is 0.397 e. The quantitative estimate of drug-likeness (QED) is 0.821. The van der Waals surface area contributed by atoms with E-state index in [4.69, 9.17) is 17.3 Å². The molecule has 5 heteroatoms. The molecule has 0 spiro atoms. The Kier molecular flexibility index (Phi) is 3.59. The third-order valence-corrected chi connectivity index (χ3v) is 4.26. The number of halogens is 1. The molecule has 0 aliphatic heterocycles. The van der Waals surface area contributed by atoms with Gasteiger partial charge in [-0.15, -0.1) is 11.3 Å². The Labute approximate surface area is 115 Å². The van der Waals surface area contributed by atoms with Gasteiger partial charge in [-0.3, -0.25) is 4.79 Å². The molecule has 3 nitrogen and oxygen atoms in total. The Morgan fingerprint density at radius 1 is 1.39 bits per heavy atom. The lowest BCUT2D eigenvalue weighted by Crippen LogP contribution is -2.12. The van der Waals surface area contributed by atoms with Gasteiger partial charge in [0.05, 0.1) is 16.4 Å². The summed E-state index contributed by atoms with van der Waals surface area (Å²) < 4.78 is 0. The standard InChI is InChI=1S/C13H13ClN2OS/c1-7-3-4-10(9(15)5-7)16-13(17)12-11(14)8(2)6-18-12/h3-6H,15H2,1-2H3,(H,16,17). The van der Waals surface area contributed by atoms with Crippen LogP contribution in [0.1, 0.15) is 20.8 Å². The van der Waals surface area contributed by atoms with Crippen molar-refractivity contribution < 1.29 is 4.79 Å². The van der Waals surface area contributed by atoms with E-state index in [1.807, 2.05) is 31.4 Å². The molecule has 0 radical (unpaired) electrons. The van der Waals surface area contributed by atoms with Crippen molar-refractivity contribution in [2.24, 2.45) is 0 Å². The maximum absolute atomic E-state index is 12.0. The lowest BCUT2D eigenvalue weighted by Gasteiger charge is -2.08. The highest BCUT2D eigenvalue weighted by atomic mass is 35.5. The molecule has 0 aliphatic carbocycles. The first-order chi connectivity index (χ1) is 8.49. The first kappa shape index (κ1) is 12.9. The van der Waals surface area contributed by atoms with Crippen LogP contribution in [-0.4, -0.2) is 5.91 Å². The summed E-state index contributed by atoms with van der Waals surface area (Å²) >= 11 is 7.38. The second-order valence-electron chi connectivity index (χ2n) is 4.11. The highest BCUT2D eigenvalue weighted by Crippen LogP contribution is 2.28. The lowest BCUT2D eigenvalue weighted by molar-refractivity contribution is 0.103. The maximum Gasteiger partial charge on any atom is 0.267 e. The number of hydrogen-bond donors (Lipinski definition) is 2.